The molecule has 8 heteroatoms. The quantitative estimate of drug-likeness (QED) is 0.389. The number of amidine groups is 1. The van der Waals surface area contributed by atoms with E-state index in [1.54, 1.807) is 6.92 Å². The fraction of sp³-hybridized carbons (Fsp3) is 0.556. The standard InChI is InChI=1S/C9H16FN3O2.2ClH/c1-6(11)13-4-2-3-7(10)5-8(12)9(14)15;;/h5,8H,2-4,12H2,1H3,(H2,11,13)(H,14,15);2*1H/b7-5+;;/t8-;;/m0../s1. The van der Waals surface area contributed by atoms with Gasteiger partial charge in [0.25, 0.3) is 0 Å². The zero-order valence-corrected chi connectivity index (χ0v) is 11.1. The highest BCUT2D eigenvalue weighted by Gasteiger charge is 2.09. The summed E-state index contributed by atoms with van der Waals surface area (Å²) in [6.07, 6.45) is 1.49. The third-order valence-corrected chi connectivity index (χ3v) is 1.58. The van der Waals surface area contributed by atoms with Crippen LogP contribution < -0.4 is 11.5 Å². The predicted molar refractivity (Wildman–Crippen MR) is 70.7 cm³/mol. The highest BCUT2D eigenvalue weighted by molar-refractivity contribution is 5.85. The maximum absolute atomic E-state index is 13.0. The van der Waals surface area contributed by atoms with Crippen LogP contribution in [0.4, 0.5) is 4.39 Å². The van der Waals surface area contributed by atoms with E-state index >= 15 is 0 Å². The normalized spacial score (nSPS) is 13.4. The number of rotatable bonds is 6. The van der Waals surface area contributed by atoms with Crippen molar-refractivity contribution in [2.24, 2.45) is 16.5 Å². The Hall–Kier alpha value is -0.850. The molecule has 0 saturated carbocycles. The van der Waals surface area contributed by atoms with Gasteiger partial charge >= 0.3 is 5.97 Å². The van der Waals surface area contributed by atoms with Crippen molar-refractivity contribution in [2.75, 3.05) is 6.54 Å². The fourth-order valence-corrected chi connectivity index (χ4v) is 0.853. The van der Waals surface area contributed by atoms with Crippen LogP contribution in [-0.4, -0.2) is 29.5 Å². The van der Waals surface area contributed by atoms with E-state index in [1.807, 2.05) is 0 Å². The lowest BCUT2D eigenvalue weighted by molar-refractivity contribution is -0.137. The van der Waals surface area contributed by atoms with Crippen molar-refractivity contribution in [3.63, 3.8) is 0 Å². The van der Waals surface area contributed by atoms with Gasteiger partial charge in [0.15, 0.2) is 0 Å². The molecule has 0 heterocycles. The SMILES string of the molecule is CC(N)=NCCC/C(F)=C\[C@H](N)C(=O)O.Cl.Cl. The molecule has 0 aliphatic heterocycles. The second kappa shape index (κ2) is 11.6. The van der Waals surface area contributed by atoms with E-state index in [9.17, 15) is 9.18 Å². The number of halogens is 3. The number of nitrogens with zero attached hydrogens (tertiary/aromatic N) is 1. The van der Waals surface area contributed by atoms with Gasteiger partial charge in [0.2, 0.25) is 0 Å². The summed E-state index contributed by atoms with van der Waals surface area (Å²) in [4.78, 5) is 14.1. The molecule has 102 valence electrons. The van der Waals surface area contributed by atoms with Gasteiger partial charge in [-0.3, -0.25) is 9.79 Å². The van der Waals surface area contributed by atoms with E-state index < -0.39 is 17.8 Å². The molecule has 0 amide bonds. The van der Waals surface area contributed by atoms with Crippen molar-refractivity contribution in [3.8, 4) is 0 Å². The van der Waals surface area contributed by atoms with E-state index in [0.29, 0.717) is 18.8 Å². The van der Waals surface area contributed by atoms with E-state index in [1.165, 1.54) is 0 Å². The first kappa shape index (κ1) is 21.4. The smallest absolute Gasteiger partial charge is 0.324 e. The summed E-state index contributed by atoms with van der Waals surface area (Å²) in [7, 11) is 0. The predicted octanol–water partition coefficient (Wildman–Crippen LogP) is 1.25. The van der Waals surface area contributed by atoms with Crippen LogP contribution in [0.15, 0.2) is 16.9 Å². The minimum absolute atomic E-state index is 0. The molecule has 0 aromatic rings. The van der Waals surface area contributed by atoms with Crippen LogP contribution in [0, 0.1) is 0 Å². The van der Waals surface area contributed by atoms with Gasteiger partial charge in [0, 0.05) is 13.0 Å². The first-order valence-corrected chi connectivity index (χ1v) is 4.54. The lowest BCUT2D eigenvalue weighted by Gasteiger charge is -2.00. The van der Waals surface area contributed by atoms with Crippen molar-refractivity contribution >= 4 is 36.6 Å². The van der Waals surface area contributed by atoms with E-state index in [-0.39, 0.29) is 31.2 Å². The Kier molecular flexibility index (Phi) is 14.7. The average Bonchev–Trinajstić information content (AvgIpc) is 2.12. The van der Waals surface area contributed by atoms with Gasteiger partial charge in [0.05, 0.1) is 11.7 Å². The molecule has 5 nitrogen and oxygen atoms in total. The summed E-state index contributed by atoms with van der Waals surface area (Å²) >= 11 is 0. The van der Waals surface area contributed by atoms with Gasteiger partial charge in [-0.1, -0.05) is 0 Å². The number of hydrogen-bond acceptors (Lipinski definition) is 3. The first-order chi connectivity index (χ1) is 6.93. The average molecular weight is 290 g/mol. The minimum Gasteiger partial charge on any atom is -0.480 e. The van der Waals surface area contributed by atoms with Crippen LogP contribution in [0.2, 0.25) is 0 Å². The van der Waals surface area contributed by atoms with Crippen molar-refractivity contribution < 1.29 is 14.3 Å². The molecule has 0 radical (unpaired) electrons. The molecule has 0 unspecified atom stereocenters. The van der Waals surface area contributed by atoms with Gasteiger partial charge in [-0.25, -0.2) is 4.39 Å². The minimum atomic E-state index is -1.29. The second-order valence-electron chi connectivity index (χ2n) is 3.10. The molecule has 0 aliphatic carbocycles. The van der Waals surface area contributed by atoms with Crippen LogP contribution >= 0.6 is 24.8 Å². The summed E-state index contributed by atoms with van der Waals surface area (Å²) in [5.41, 5.74) is 10.4. The summed E-state index contributed by atoms with van der Waals surface area (Å²) in [5, 5.41) is 8.40. The number of carboxylic acid groups (broad SMARTS) is 1. The molecule has 17 heavy (non-hydrogen) atoms. The Labute approximate surface area is 112 Å². The Balaban J connectivity index is -0.000000980. The largest absolute Gasteiger partial charge is 0.480 e. The molecule has 0 saturated heterocycles. The molecule has 0 rings (SSSR count). The van der Waals surface area contributed by atoms with Gasteiger partial charge in [-0.15, -0.1) is 24.8 Å². The van der Waals surface area contributed by atoms with Crippen molar-refractivity contribution in [1.29, 1.82) is 0 Å². The molecule has 0 spiro atoms. The van der Waals surface area contributed by atoms with Gasteiger partial charge in [0.1, 0.15) is 6.04 Å². The van der Waals surface area contributed by atoms with Gasteiger partial charge in [-0.05, 0) is 19.4 Å². The van der Waals surface area contributed by atoms with Gasteiger partial charge in [-0.2, -0.15) is 0 Å². The number of nitrogens with two attached hydrogens (primary N) is 2. The highest BCUT2D eigenvalue weighted by atomic mass is 35.5. The Morgan fingerprint density at radius 2 is 2.06 bits per heavy atom. The fourth-order valence-electron chi connectivity index (χ4n) is 0.853. The number of aliphatic imine (C=N–C) groups is 1. The summed E-state index contributed by atoms with van der Waals surface area (Å²) in [6, 6.07) is -1.29. The molecule has 0 aromatic heterocycles. The van der Waals surface area contributed by atoms with E-state index in [4.69, 9.17) is 16.6 Å². The van der Waals surface area contributed by atoms with Crippen LogP contribution in [0.25, 0.3) is 0 Å². The van der Waals surface area contributed by atoms with Crippen LogP contribution in [-0.2, 0) is 4.79 Å². The summed E-state index contributed by atoms with van der Waals surface area (Å²) in [5.74, 6) is -1.34. The Bertz CT molecular complexity index is 281. The third-order valence-electron chi connectivity index (χ3n) is 1.58. The topological polar surface area (TPSA) is 102 Å². The summed E-state index contributed by atoms with van der Waals surface area (Å²) < 4.78 is 13.0. The molecule has 0 aliphatic rings. The maximum Gasteiger partial charge on any atom is 0.324 e. The zero-order chi connectivity index (χ0) is 11.8. The van der Waals surface area contributed by atoms with E-state index in [0.717, 1.165) is 6.08 Å². The first-order valence-electron chi connectivity index (χ1n) is 4.54. The van der Waals surface area contributed by atoms with E-state index in [2.05, 4.69) is 4.99 Å². The van der Waals surface area contributed by atoms with Crippen LogP contribution in [0.3, 0.4) is 0 Å². The second-order valence-corrected chi connectivity index (χ2v) is 3.10. The van der Waals surface area contributed by atoms with Crippen molar-refractivity contribution in [2.45, 2.75) is 25.8 Å². The monoisotopic (exact) mass is 289 g/mol. The highest BCUT2D eigenvalue weighted by Crippen LogP contribution is 2.07. The molecular weight excluding hydrogens is 272 g/mol. The molecule has 1 atom stereocenters. The Morgan fingerprint density at radius 1 is 1.53 bits per heavy atom. The zero-order valence-electron chi connectivity index (χ0n) is 9.43. The van der Waals surface area contributed by atoms with Gasteiger partial charge < -0.3 is 16.6 Å². The molecule has 0 bridgehead atoms. The molecular formula is C9H18Cl2FN3O2. The van der Waals surface area contributed by atoms with Crippen molar-refractivity contribution in [3.05, 3.63) is 11.9 Å². The molecule has 5 N–H and O–H groups in total. The number of aliphatic carboxylic acids is 1. The lowest BCUT2D eigenvalue weighted by Crippen LogP contribution is -2.27. The van der Waals surface area contributed by atoms with Crippen molar-refractivity contribution in [1.82, 2.24) is 0 Å². The van der Waals surface area contributed by atoms with Crippen LogP contribution in [0.1, 0.15) is 19.8 Å². The number of allylic oxidation sites excluding steroid dienone is 1. The lowest BCUT2D eigenvalue weighted by atomic mass is 10.2. The maximum atomic E-state index is 13.0. The molecule has 0 fully saturated rings. The molecule has 0 aromatic carbocycles. The van der Waals surface area contributed by atoms with Crippen LogP contribution in [0.5, 0.6) is 0 Å². The third kappa shape index (κ3) is 13.1. The number of carboxylic acids is 1. The number of carbonyl (C=O) groups is 1. The number of hydrogen-bond donors (Lipinski definition) is 3. The Morgan fingerprint density at radius 3 is 2.47 bits per heavy atom. The summed E-state index contributed by atoms with van der Waals surface area (Å²) in [6.45, 7) is 2.07.